The highest BCUT2D eigenvalue weighted by atomic mass is 16.1. The van der Waals surface area contributed by atoms with E-state index in [9.17, 15) is 10.1 Å². The molecule has 4 aliphatic rings. The fraction of sp³-hybridized carbons (Fsp3) is 0.905. The molecule has 2 nitrogen and oxygen atoms in total. The van der Waals surface area contributed by atoms with E-state index in [1.807, 2.05) is 0 Å². The number of nitriles is 1. The Morgan fingerprint density at radius 2 is 1.91 bits per heavy atom. The number of ketones is 1. The first-order chi connectivity index (χ1) is 11.0. The molecule has 4 fully saturated rings. The van der Waals surface area contributed by atoms with Crippen LogP contribution in [-0.4, -0.2) is 5.78 Å². The van der Waals surface area contributed by atoms with Gasteiger partial charge in [0.25, 0.3) is 0 Å². The third-order valence-electron chi connectivity index (χ3n) is 8.80. The van der Waals surface area contributed by atoms with Crippen molar-refractivity contribution in [3.63, 3.8) is 0 Å². The molecule has 0 bridgehead atoms. The maximum Gasteiger partial charge on any atom is 0.137 e. The van der Waals surface area contributed by atoms with Crippen molar-refractivity contribution < 1.29 is 4.79 Å². The van der Waals surface area contributed by atoms with E-state index in [4.69, 9.17) is 0 Å². The molecule has 0 amide bonds. The molecule has 0 saturated heterocycles. The van der Waals surface area contributed by atoms with Crippen molar-refractivity contribution >= 4 is 5.78 Å². The van der Waals surface area contributed by atoms with Gasteiger partial charge in [-0.25, -0.2) is 0 Å². The van der Waals surface area contributed by atoms with Crippen molar-refractivity contribution in [2.24, 2.45) is 40.4 Å². The number of hydrogen-bond acceptors (Lipinski definition) is 2. The molecule has 23 heavy (non-hydrogen) atoms. The molecule has 0 N–H and O–H groups in total. The van der Waals surface area contributed by atoms with Crippen LogP contribution in [0.15, 0.2) is 0 Å². The molecule has 4 rings (SSSR count). The maximum atomic E-state index is 13.3. The third-order valence-corrected chi connectivity index (χ3v) is 8.80. The molecule has 0 aromatic rings. The van der Waals surface area contributed by atoms with Gasteiger partial charge in [-0.05, 0) is 73.0 Å². The summed E-state index contributed by atoms with van der Waals surface area (Å²) in [4.78, 5) is 13.3. The molecule has 0 aliphatic heterocycles. The zero-order valence-corrected chi connectivity index (χ0v) is 14.8. The van der Waals surface area contributed by atoms with Gasteiger partial charge < -0.3 is 0 Å². The topological polar surface area (TPSA) is 40.9 Å². The molecular weight excluding hydrogens is 282 g/mol. The SMILES string of the molecule is CC12CC(=O)C3C(CCC4CCCCC43C)C1CCC2CC#N. The van der Waals surface area contributed by atoms with Crippen LogP contribution in [0, 0.1) is 51.8 Å². The minimum atomic E-state index is 0.117. The largest absolute Gasteiger partial charge is 0.299 e. The van der Waals surface area contributed by atoms with Crippen molar-refractivity contribution in [2.45, 2.75) is 78.1 Å². The second kappa shape index (κ2) is 5.33. The fourth-order valence-corrected chi connectivity index (χ4v) is 7.66. The van der Waals surface area contributed by atoms with Gasteiger partial charge in [-0.1, -0.05) is 26.7 Å². The number of nitrogens with zero attached hydrogens (tertiary/aromatic N) is 1. The monoisotopic (exact) mass is 313 g/mol. The molecule has 0 heterocycles. The van der Waals surface area contributed by atoms with Gasteiger partial charge in [-0.3, -0.25) is 4.79 Å². The van der Waals surface area contributed by atoms with Crippen molar-refractivity contribution in [3.05, 3.63) is 0 Å². The smallest absolute Gasteiger partial charge is 0.137 e. The van der Waals surface area contributed by atoms with Gasteiger partial charge in [-0.15, -0.1) is 0 Å². The molecule has 7 unspecified atom stereocenters. The summed E-state index contributed by atoms with van der Waals surface area (Å²) >= 11 is 0. The normalized spacial score (nSPS) is 52.2. The van der Waals surface area contributed by atoms with Crippen LogP contribution in [0.5, 0.6) is 0 Å². The Morgan fingerprint density at radius 1 is 1.09 bits per heavy atom. The third kappa shape index (κ3) is 2.08. The van der Waals surface area contributed by atoms with Crippen molar-refractivity contribution in [1.82, 2.24) is 0 Å². The van der Waals surface area contributed by atoms with Crippen LogP contribution in [0.1, 0.15) is 78.1 Å². The molecule has 4 saturated carbocycles. The molecule has 0 radical (unpaired) electrons. The second-order valence-electron chi connectivity index (χ2n) is 9.56. The first-order valence-corrected chi connectivity index (χ1v) is 9.90. The van der Waals surface area contributed by atoms with E-state index in [0.29, 0.717) is 35.9 Å². The van der Waals surface area contributed by atoms with Crippen LogP contribution in [-0.2, 0) is 4.79 Å². The van der Waals surface area contributed by atoms with E-state index in [0.717, 1.165) is 12.3 Å². The standard InChI is InChI=1S/C21H31NO/c1-20-11-4-3-5-14(20)6-8-16-17-9-7-15(10-12-22)21(17,2)13-18(23)19(16)20/h14-17,19H,3-11,13H2,1-2H3. The predicted octanol–water partition coefficient (Wildman–Crippen LogP) is 5.13. The highest BCUT2D eigenvalue weighted by Gasteiger charge is 2.62. The number of Topliss-reactive ketones (excluding diaryl/α,β-unsaturated/α-hetero) is 1. The van der Waals surface area contributed by atoms with Crippen LogP contribution in [0.4, 0.5) is 0 Å². The lowest BCUT2D eigenvalue weighted by atomic mass is 9.44. The van der Waals surface area contributed by atoms with Crippen molar-refractivity contribution in [3.8, 4) is 6.07 Å². The van der Waals surface area contributed by atoms with Crippen LogP contribution in [0.3, 0.4) is 0 Å². The molecule has 0 aromatic heterocycles. The Morgan fingerprint density at radius 3 is 2.70 bits per heavy atom. The van der Waals surface area contributed by atoms with E-state index < -0.39 is 0 Å². The van der Waals surface area contributed by atoms with Crippen LogP contribution in [0.25, 0.3) is 0 Å². The lowest BCUT2D eigenvalue weighted by Crippen LogP contribution is -2.56. The van der Waals surface area contributed by atoms with Gasteiger partial charge >= 0.3 is 0 Å². The summed E-state index contributed by atoms with van der Waals surface area (Å²) < 4.78 is 0. The first-order valence-electron chi connectivity index (χ1n) is 9.90. The number of carbonyl (C=O) groups excluding carboxylic acids is 1. The van der Waals surface area contributed by atoms with E-state index in [1.54, 1.807) is 0 Å². The highest BCUT2D eigenvalue weighted by molar-refractivity contribution is 5.84. The Kier molecular flexibility index (Phi) is 3.63. The Hall–Kier alpha value is -0.840. The van der Waals surface area contributed by atoms with E-state index in [2.05, 4.69) is 19.9 Å². The number of rotatable bonds is 1. The predicted molar refractivity (Wildman–Crippen MR) is 90.5 cm³/mol. The molecule has 0 spiro atoms. The first kappa shape index (κ1) is 15.7. The number of carbonyl (C=O) groups is 1. The zero-order chi connectivity index (χ0) is 16.2. The molecule has 7 atom stereocenters. The zero-order valence-electron chi connectivity index (χ0n) is 14.8. The van der Waals surface area contributed by atoms with E-state index >= 15 is 0 Å². The quantitative estimate of drug-likeness (QED) is 0.673. The summed E-state index contributed by atoms with van der Waals surface area (Å²) in [6.07, 6.45) is 11.8. The highest BCUT2D eigenvalue weighted by Crippen LogP contribution is 2.66. The fourth-order valence-electron chi connectivity index (χ4n) is 7.66. The Balaban J connectivity index is 1.68. The Labute approximate surface area is 141 Å². The molecular formula is C21H31NO. The van der Waals surface area contributed by atoms with Gasteiger partial charge in [-0.2, -0.15) is 5.26 Å². The average Bonchev–Trinajstić information content (AvgIpc) is 2.83. The minimum absolute atomic E-state index is 0.117. The van der Waals surface area contributed by atoms with Gasteiger partial charge in [0, 0.05) is 18.8 Å². The summed E-state index contributed by atoms with van der Waals surface area (Å²) in [6, 6.07) is 2.40. The van der Waals surface area contributed by atoms with Gasteiger partial charge in [0.1, 0.15) is 5.78 Å². The van der Waals surface area contributed by atoms with Crippen molar-refractivity contribution in [1.29, 1.82) is 5.26 Å². The van der Waals surface area contributed by atoms with E-state index in [1.165, 1.54) is 51.4 Å². The summed E-state index contributed by atoms with van der Waals surface area (Å²) in [5, 5.41) is 9.19. The number of hydrogen-bond donors (Lipinski definition) is 0. The van der Waals surface area contributed by atoms with Gasteiger partial charge in [0.15, 0.2) is 0 Å². The van der Waals surface area contributed by atoms with Crippen LogP contribution >= 0.6 is 0 Å². The van der Waals surface area contributed by atoms with Crippen molar-refractivity contribution in [2.75, 3.05) is 0 Å². The average molecular weight is 313 g/mol. The second-order valence-corrected chi connectivity index (χ2v) is 9.56. The van der Waals surface area contributed by atoms with Crippen LogP contribution < -0.4 is 0 Å². The summed E-state index contributed by atoms with van der Waals surface area (Å²) in [7, 11) is 0. The lowest BCUT2D eigenvalue weighted by Gasteiger charge is -2.59. The minimum Gasteiger partial charge on any atom is -0.299 e. The number of fused-ring (bicyclic) bond motifs is 5. The summed E-state index contributed by atoms with van der Waals surface area (Å²) in [5.74, 6) is 3.46. The van der Waals surface area contributed by atoms with Gasteiger partial charge in [0.2, 0.25) is 0 Å². The van der Waals surface area contributed by atoms with Crippen LogP contribution in [0.2, 0.25) is 0 Å². The summed E-state index contributed by atoms with van der Waals surface area (Å²) in [5.41, 5.74) is 0.402. The molecule has 126 valence electrons. The molecule has 0 aromatic carbocycles. The molecule has 2 heteroatoms. The Bertz CT molecular complexity index is 549. The van der Waals surface area contributed by atoms with Gasteiger partial charge in [0.05, 0.1) is 6.07 Å². The van der Waals surface area contributed by atoms with E-state index in [-0.39, 0.29) is 10.8 Å². The maximum absolute atomic E-state index is 13.3. The molecule has 4 aliphatic carbocycles. The lowest BCUT2D eigenvalue weighted by molar-refractivity contribution is -0.157. The summed E-state index contributed by atoms with van der Waals surface area (Å²) in [6.45, 7) is 4.80.